The Balaban J connectivity index is 2.33. The fraction of sp³-hybridized carbons (Fsp3) is 0.235. The van der Waals surface area contributed by atoms with Gasteiger partial charge in [0.1, 0.15) is 5.82 Å². The maximum atomic E-state index is 5.96. The first-order valence-corrected chi connectivity index (χ1v) is 8.24. The van der Waals surface area contributed by atoms with Crippen LogP contribution in [0.5, 0.6) is 0 Å². The third-order valence-electron chi connectivity index (χ3n) is 3.82. The molecule has 1 aromatic heterocycles. The summed E-state index contributed by atoms with van der Waals surface area (Å²) >= 11 is 9.48. The zero-order valence-electron chi connectivity index (χ0n) is 12.0. The number of aromatic nitrogens is 2. The zero-order valence-corrected chi connectivity index (χ0v) is 14.4. The zero-order chi connectivity index (χ0) is 15.0. The molecule has 0 unspecified atom stereocenters. The highest BCUT2D eigenvalue weighted by atomic mass is 79.9. The molecule has 21 heavy (non-hydrogen) atoms. The van der Waals surface area contributed by atoms with Crippen molar-refractivity contribution in [1.82, 2.24) is 9.55 Å². The number of aryl methyl sites for hydroxylation is 2. The molecule has 0 saturated heterocycles. The van der Waals surface area contributed by atoms with E-state index in [0.29, 0.717) is 5.88 Å². The number of hydrogen-bond donors (Lipinski definition) is 0. The molecule has 0 fully saturated rings. The first-order valence-electron chi connectivity index (χ1n) is 6.91. The van der Waals surface area contributed by atoms with E-state index in [9.17, 15) is 0 Å². The predicted molar refractivity (Wildman–Crippen MR) is 92.7 cm³/mol. The van der Waals surface area contributed by atoms with Crippen LogP contribution in [-0.2, 0) is 6.42 Å². The summed E-state index contributed by atoms with van der Waals surface area (Å²) in [7, 11) is 0. The van der Waals surface area contributed by atoms with E-state index in [1.807, 2.05) is 0 Å². The first kappa shape index (κ1) is 14.6. The second kappa shape index (κ2) is 5.82. The standard InChI is InChI=1S/C17H16BrClN2/c1-11-4-3-5-15(12(11)2)21-16-7-6-13(18)10-14(16)20-17(21)8-9-19/h3-7,10H,8-9H2,1-2H3. The number of fused-ring (bicyclic) bond motifs is 1. The van der Waals surface area contributed by atoms with E-state index in [-0.39, 0.29) is 0 Å². The van der Waals surface area contributed by atoms with Crippen LogP contribution in [0.15, 0.2) is 40.9 Å². The summed E-state index contributed by atoms with van der Waals surface area (Å²) in [5.41, 5.74) is 5.84. The molecule has 108 valence electrons. The number of nitrogens with zero attached hydrogens (tertiary/aromatic N) is 2. The Bertz CT molecular complexity index is 808. The Labute approximate surface area is 137 Å². The van der Waals surface area contributed by atoms with Crippen molar-refractivity contribution in [2.45, 2.75) is 20.3 Å². The number of benzene rings is 2. The SMILES string of the molecule is Cc1cccc(-n2c(CCCl)nc3cc(Br)ccc32)c1C. The van der Waals surface area contributed by atoms with Crippen molar-refractivity contribution in [1.29, 1.82) is 0 Å². The number of halogens is 2. The molecule has 0 bridgehead atoms. The van der Waals surface area contributed by atoms with Gasteiger partial charge in [0.25, 0.3) is 0 Å². The van der Waals surface area contributed by atoms with Crippen LogP contribution in [0.1, 0.15) is 17.0 Å². The minimum absolute atomic E-state index is 0.565. The van der Waals surface area contributed by atoms with Gasteiger partial charge in [-0.15, -0.1) is 11.6 Å². The van der Waals surface area contributed by atoms with Gasteiger partial charge in [0.2, 0.25) is 0 Å². The van der Waals surface area contributed by atoms with Gasteiger partial charge in [0.05, 0.1) is 16.7 Å². The molecule has 0 aliphatic rings. The third-order valence-corrected chi connectivity index (χ3v) is 4.50. The van der Waals surface area contributed by atoms with Crippen LogP contribution < -0.4 is 0 Å². The van der Waals surface area contributed by atoms with Crippen molar-refractivity contribution in [3.05, 3.63) is 57.8 Å². The average Bonchev–Trinajstić information content (AvgIpc) is 2.79. The highest BCUT2D eigenvalue weighted by molar-refractivity contribution is 9.10. The minimum Gasteiger partial charge on any atom is -0.296 e. The van der Waals surface area contributed by atoms with Crippen molar-refractivity contribution in [3.63, 3.8) is 0 Å². The Hall–Kier alpha value is -1.32. The summed E-state index contributed by atoms with van der Waals surface area (Å²) < 4.78 is 3.27. The number of rotatable bonds is 3. The number of alkyl halides is 1. The smallest absolute Gasteiger partial charge is 0.115 e. The molecule has 2 nitrogen and oxygen atoms in total. The molecule has 0 aliphatic carbocycles. The van der Waals surface area contributed by atoms with E-state index in [1.54, 1.807) is 0 Å². The molecule has 3 rings (SSSR count). The van der Waals surface area contributed by atoms with Gasteiger partial charge in [-0.3, -0.25) is 4.57 Å². The molecule has 0 aliphatic heterocycles. The lowest BCUT2D eigenvalue weighted by atomic mass is 10.1. The van der Waals surface area contributed by atoms with Gasteiger partial charge in [-0.25, -0.2) is 4.98 Å². The summed E-state index contributed by atoms with van der Waals surface area (Å²) in [6.07, 6.45) is 0.751. The van der Waals surface area contributed by atoms with Crippen molar-refractivity contribution >= 4 is 38.6 Å². The van der Waals surface area contributed by atoms with Crippen LogP contribution in [-0.4, -0.2) is 15.4 Å². The maximum absolute atomic E-state index is 5.96. The summed E-state index contributed by atoms with van der Waals surface area (Å²) in [6, 6.07) is 12.6. The van der Waals surface area contributed by atoms with Gasteiger partial charge in [0.15, 0.2) is 0 Å². The van der Waals surface area contributed by atoms with Gasteiger partial charge in [-0.05, 0) is 49.2 Å². The Kier molecular flexibility index (Phi) is 4.05. The van der Waals surface area contributed by atoms with Gasteiger partial charge in [-0.1, -0.05) is 28.1 Å². The van der Waals surface area contributed by atoms with Crippen LogP contribution in [0.25, 0.3) is 16.7 Å². The van der Waals surface area contributed by atoms with Crippen molar-refractivity contribution in [2.75, 3.05) is 5.88 Å². The molecule has 2 aromatic carbocycles. The van der Waals surface area contributed by atoms with E-state index >= 15 is 0 Å². The minimum atomic E-state index is 0.565. The van der Waals surface area contributed by atoms with Crippen LogP contribution in [0, 0.1) is 13.8 Å². The first-order chi connectivity index (χ1) is 10.1. The van der Waals surface area contributed by atoms with E-state index in [4.69, 9.17) is 16.6 Å². The van der Waals surface area contributed by atoms with Crippen molar-refractivity contribution in [3.8, 4) is 5.69 Å². The summed E-state index contributed by atoms with van der Waals surface area (Å²) in [6.45, 7) is 4.29. The van der Waals surface area contributed by atoms with E-state index < -0.39 is 0 Å². The van der Waals surface area contributed by atoms with Crippen LogP contribution >= 0.6 is 27.5 Å². The molecule has 1 heterocycles. The van der Waals surface area contributed by atoms with Gasteiger partial charge < -0.3 is 0 Å². The van der Waals surface area contributed by atoms with E-state index in [0.717, 1.165) is 27.8 Å². The largest absolute Gasteiger partial charge is 0.296 e. The molecule has 0 atom stereocenters. The number of hydrogen-bond acceptors (Lipinski definition) is 1. The lowest BCUT2D eigenvalue weighted by molar-refractivity contribution is 0.905. The normalized spacial score (nSPS) is 11.2. The molecule has 0 spiro atoms. The molecule has 0 amide bonds. The lowest BCUT2D eigenvalue weighted by Gasteiger charge is -2.13. The quantitative estimate of drug-likeness (QED) is 0.586. The highest BCUT2D eigenvalue weighted by Gasteiger charge is 2.14. The van der Waals surface area contributed by atoms with E-state index in [2.05, 4.69) is 70.7 Å². The second-order valence-corrected chi connectivity index (χ2v) is 6.45. The van der Waals surface area contributed by atoms with Gasteiger partial charge >= 0.3 is 0 Å². The fourth-order valence-corrected chi connectivity index (χ4v) is 3.12. The van der Waals surface area contributed by atoms with Crippen molar-refractivity contribution in [2.24, 2.45) is 0 Å². The second-order valence-electron chi connectivity index (χ2n) is 5.15. The Morgan fingerprint density at radius 1 is 1.19 bits per heavy atom. The Morgan fingerprint density at radius 2 is 2.00 bits per heavy atom. The predicted octanol–water partition coefficient (Wildman–Crippen LogP) is 5.19. The molecule has 0 N–H and O–H groups in total. The summed E-state index contributed by atoms with van der Waals surface area (Å²) in [5.74, 6) is 1.57. The third kappa shape index (κ3) is 2.60. The Morgan fingerprint density at radius 3 is 2.76 bits per heavy atom. The molecule has 0 saturated carbocycles. The molecular weight excluding hydrogens is 348 g/mol. The van der Waals surface area contributed by atoms with Gasteiger partial charge in [0, 0.05) is 16.8 Å². The summed E-state index contributed by atoms with van der Waals surface area (Å²) in [4.78, 5) is 4.76. The van der Waals surface area contributed by atoms with Gasteiger partial charge in [-0.2, -0.15) is 0 Å². The lowest BCUT2D eigenvalue weighted by Crippen LogP contribution is -2.04. The fourth-order valence-electron chi connectivity index (χ4n) is 2.60. The average molecular weight is 364 g/mol. The maximum Gasteiger partial charge on any atom is 0.115 e. The topological polar surface area (TPSA) is 17.8 Å². The monoisotopic (exact) mass is 362 g/mol. The van der Waals surface area contributed by atoms with E-state index in [1.165, 1.54) is 16.8 Å². The molecule has 3 aromatic rings. The molecule has 4 heteroatoms. The van der Waals surface area contributed by atoms with Crippen LogP contribution in [0.3, 0.4) is 0 Å². The molecule has 0 radical (unpaired) electrons. The van der Waals surface area contributed by atoms with Crippen LogP contribution in [0.2, 0.25) is 0 Å². The highest BCUT2D eigenvalue weighted by Crippen LogP contribution is 2.27. The summed E-state index contributed by atoms with van der Waals surface area (Å²) in [5, 5.41) is 0. The van der Waals surface area contributed by atoms with Crippen LogP contribution in [0.4, 0.5) is 0 Å². The van der Waals surface area contributed by atoms with Crippen molar-refractivity contribution < 1.29 is 0 Å². The molecular formula is C17H16BrClN2. The number of imidazole rings is 1.